The summed E-state index contributed by atoms with van der Waals surface area (Å²) in [5, 5.41) is 1.32. The molecule has 0 saturated heterocycles. The molecule has 1 heterocycles. The second-order valence-electron chi connectivity index (χ2n) is 5.44. The largest absolute Gasteiger partial charge is 0.347 e. The lowest BCUT2D eigenvalue weighted by Crippen LogP contribution is -2.09. The van der Waals surface area contributed by atoms with E-state index in [0.29, 0.717) is 6.54 Å². The standard InChI is InChI=1S/C17H26N2/c1-3-5-7-14(4-2)13-19-11-10-16-15(12-18)8-6-9-17(16)19/h6,8-11,14H,3-5,7,12-13,18H2,1-2H3. The minimum Gasteiger partial charge on any atom is -0.347 e. The minimum atomic E-state index is 0.619. The quantitative estimate of drug-likeness (QED) is 0.788. The zero-order valence-electron chi connectivity index (χ0n) is 12.2. The highest BCUT2D eigenvalue weighted by atomic mass is 15.0. The van der Waals surface area contributed by atoms with Crippen molar-refractivity contribution < 1.29 is 0 Å². The molecule has 0 amide bonds. The maximum absolute atomic E-state index is 5.81. The summed E-state index contributed by atoms with van der Waals surface area (Å²) in [6.45, 7) is 6.32. The molecule has 0 aliphatic rings. The summed E-state index contributed by atoms with van der Waals surface area (Å²) in [6, 6.07) is 8.67. The van der Waals surface area contributed by atoms with Crippen molar-refractivity contribution in [1.29, 1.82) is 0 Å². The van der Waals surface area contributed by atoms with Crippen LogP contribution in [0.4, 0.5) is 0 Å². The van der Waals surface area contributed by atoms with Gasteiger partial charge in [0.25, 0.3) is 0 Å². The summed E-state index contributed by atoms with van der Waals surface area (Å²) in [5.74, 6) is 0.789. The predicted molar refractivity (Wildman–Crippen MR) is 83.1 cm³/mol. The Morgan fingerprint density at radius 2 is 2.05 bits per heavy atom. The summed E-state index contributed by atoms with van der Waals surface area (Å²) in [6.07, 6.45) is 7.45. The predicted octanol–water partition coefficient (Wildman–Crippen LogP) is 4.32. The molecule has 0 spiro atoms. The van der Waals surface area contributed by atoms with E-state index in [0.717, 1.165) is 12.5 Å². The highest BCUT2D eigenvalue weighted by Gasteiger charge is 2.10. The molecule has 1 unspecified atom stereocenters. The SMILES string of the molecule is CCCCC(CC)Cn1ccc2c(CN)cccc21. The second kappa shape index (κ2) is 6.76. The summed E-state index contributed by atoms with van der Waals surface area (Å²) >= 11 is 0. The summed E-state index contributed by atoms with van der Waals surface area (Å²) in [5.41, 5.74) is 8.39. The Bertz CT molecular complexity index is 513. The lowest BCUT2D eigenvalue weighted by atomic mass is 9.99. The summed E-state index contributed by atoms with van der Waals surface area (Å²) < 4.78 is 2.40. The number of aromatic nitrogens is 1. The second-order valence-corrected chi connectivity index (χ2v) is 5.44. The highest BCUT2D eigenvalue weighted by Crippen LogP contribution is 2.23. The van der Waals surface area contributed by atoms with Crippen molar-refractivity contribution in [2.24, 2.45) is 11.7 Å². The normalized spacial score (nSPS) is 13.0. The lowest BCUT2D eigenvalue weighted by molar-refractivity contribution is 0.396. The van der Waals surface area contributed by atoms with Gasteiger partial charge in [0.2, 0.25) is 0 Å². The number of nitrogens with two attached hydrogens (primary N) is 1. The van der Waals surface area contributed by atoms with Crippen LogP contribution >= 0.6 is 0 Å². The van der Waals surface area contributed by atoms with Crippen LogP contribution < -0.4 is 5.73 Å². The molecule has 0 radical (unpaired) electrons. The van der Waals surface area contributed by atoms with Gasteiger partial charge >= 0.3 is 0 Å². The van der Waals surface area contributed by atoms with Crippen molar-refractivity contribution in [2.45, 2.75) is 52.6 Å². The average molecular weight is 258 g/mol. The molecule has 2 N–H and O–H groups in total. The van der Waals surface area contributed by atoms with Crippen LogP contribution in [0.2, 0.25) is 0 Å². The van der Waals surface area contributed by atoms with Gasteiger partial charge in [-0.3, -0.25) is 0 Å². The molecule has 2 rings (SSSR count). The zero-order chi connectivity index (χ0) is 13.7. The molecule has 1 aromatic carbocycles. The maximum atomic E-state index is 5.81. The van der Waals surface area contributed by atoms with E-state index in [1.807, 2.05) is 0 Å². The number of benzene rings is 1. The average Bonchev–Trinajstić information content (AvgIpc) is 2.86. The molecule has 0 bridgehead atoms. The fourth-order valence-electron chi connectivity index (χ4n) is 2.82. The van der Waals surface area contributed by atoms with Gasteiger partial charge in [0.15, 0.2) is 0 Å². The number of fused-ring (bicyclic) bond motifs is 1. The topological polar surface area (TPSA) is 30.9 Å². The Morgan fingerprint density at radius 1 is 1.21 bits per heavy atom. The smallest absolute Gasteiger partial charge is 0.0483 e. The number of hydrogen-bond acceptors (Lipinski definition) is 1. The van der Waals surface area contributed by atoms with Gasteiger partial charge in [0.1, 0.15) is 0 Å². The van der Waals surface area contributed by atoms with Crippen molar-refractivity contribution in [3.05, 3.63) is 36.0 Å². The van der Waals surface area contributed by atoms with Gasteiger partial charge in [-0.15, -0.1) is 0 Å². The molecule has 0 aliphatic heterocycles. The first-order chi connectivity index (χ1) is 9.30. The minimum absolute atomic E-state index is 0.619. The first-order valence-electron chi connectivity index (χ1n) is 7.56. The first-order valence-corrected chi connectivity index (χ1v) is 7.56. The third kappa shape index (κ3) is 3.19. The van der Waals surface area contributed by atoms with Crippen LogP contribution in [0.5, 0.6) is 0 Å². The Labute approximate surface area is 116 Å². The molecule has 2 aromatic rings. The molecule has 2 heteroatoms. The van der Waals surface area contributed by atoms with E-state index in [2.05, 4.69) is 48.9 Å². The summed E-state index contributed by atoms with van der Waals surface area (Å²) in [7, 11) is 0. The molecule has 0 aliphatic carbocycles. The van der Waals surface area contributed by atoms with Crippen LogP contribution in [0.3, 0.4) is 0 Å². The van der Waals surface area contributed by atoms with Crippen molar-refractivity contribution in [3.8, 4) is 0 Å². The third-order valence-corrected chi connectivity index (χ3v) is 4.12. The monoisotopic (exact) mass is 258 g/mol. The molecule has 1 atom stereocenters. The van der Waals surface area contributed by atoms with Gasteiger partial charge in [0, 0.05) is 30.2 Å². The van der Waals surface area contributed by atoms with E-state index in [9.17, 15) is 0 Å². The fourth-order valence-corrected chi connectivity index (χ4v) is 2.82. The molecule has 2 nitrogen and oxygen atoms in total. The van der Waals surface area contributed by atoms with Crippen LogP contribution in [0, 0.1) is 5.92 Å². The van der Waals surface area contributed by atoms with Gasteiger partial charge in [-0.05, 0) is 30.0 Å². The van der Waals surface area contributed by atoms with Gasteiger partial charge in [-0.25, -0.2) is 0 Å². The van der Waals surface area contributed by atoms with E-state index >= 15 is 0 Å². The van der Waals surface area contributed by atoms with Crippen LogP contribution in [-0.2, 0) is 13.1 Å². The first kappa shape index (κ1) is 14.1. The molecule has 104 valence electrons. The molecule has 0 fully saturated rings. The fraction of sp³-hybridized carbons (Fsp3) is 0.529. The van der Waals surface area contributed by atoms with Crippen molar-refractivity contribution >= 4 is 10.9 Å². The molecule has 19 heavy (non-hydrogen) atoms. The molecular formula is C17H26N2. The molecule has 0 saturated carbocycles. The Kier molecular flexibility index (Phi) is 5.03. The third-order valence-electron chi connectivity index (χ3n) is 4.12. The number of rotatable bonds is 7. The van der Waals surface area contributed by atoms with E-state index in [4.69, 9.17) is 5.73 Å². The summed E-state index contributed by atoms with van der Waals surface area (Å²) in [4.78, 5) is 0. The van der Waals surface area contributed by atoms with Gasteiger partial charge < -0.3 is 10.3 Å². The maximum Gasteiger partial charge on any atom is 0.0483 e. The van der Waals surface area contributed by atoms with Crippen molar-refractivity contribution in [1.82, 2.24) is 4.57 Å². The Hall–Kier alpha value is -1.28. The van der Waals surface area contributed by atoms with Gasteiger partial charge in [-0.2, -0.15) is 0 Å². The van der Waals surface area contributed by atoms with Crippen LogP contribution in [-0.4, -0.2) is 4.57 Å². The van der Waals surface area contributed by atoms with E-state index in [1.165, 1.54) is 42.1 Å². The molecular weight excluding hydrogens is 232 g/mol. The van der Waals surface area contributed by atoms with E-state index in [-0.39, 0.29) is 0 Å². The van der Waals surface area contributed by atoms with Crippen LogP contribution in [0.1, 0.15) is 45.1 Å². The van der Waals surface area contributed by atoms with Crippen LogP contribution in [0.25, 0.3) is 10.9 Å². The van der Waals surface area contributed by atoms with Gasteiger partial charge in [-0.1, -0.05) is 45.2 Å². The zero-order valence-corrected chi connectivity index (χ0v) is 12.2. The Morgan fingerprint density at radius 3 is 2.74 bits per heavy atom. The van der Waals surface area contributed by atoms with E-state index in [1.54, 1.807) is 0 Å². The van der Waals surface area contributed by atoms with Crippen molar-refractivity contribution in [3.63, 3.8) is 0 Å². The number of nitrogens with zero attached hydrogens (tertiary/aromatic N) is 1. The van der Waals surface area contributed by atoms with Crippen molar-refractivity contribution in [2.75, 3.05) is 0 Å². The lowest BCUT2D eigenvalue weighted by Gasteiger charge is -2.16. The molecule has 1 aromatic heterocycles. The van der Waals surface area contributed by atoms with E-state index < -0.39 is 0 Å². The van der Waals surface area contributed by atoms with Crippen LogP contribution in [0.15, 0.2) is 30.5 Å². The van der Waals surface area contributed by atoms with Gasteiger partial charge in [0.05, 0.1) is 0 Å². The highest BCUT2D eigenvalue weighted by molar-refractivity contribution is 5.83. The number of unbranched alkanes of at least 4 members (excludes halogenated alkanes) is 1. The Balaban J connectivity index is 2.20. The number of hydrogen-bond donors (Lipinski definition) is 1.